The number of aryl methyl sites for hydroxylation is 2. The van der Waals surface area contributed by atoms with Crippen LogP contribution in [-0.4, -0.2) is 50.6 Å². The SMILES string of the molecule is C[C@H](Nc1nccc(N2C(=O)OCC2[C@@H](C)OC(C)(C)C)n1)c1nc(-c2ccc3c(c2)CCC3)no1. The molecule has 1 aliphatic carbocycles. The largest absolute Gasteiger partial charge is 0.447 e. The second-order valence-corrected chi connectivity index (χ2v) is 10.3. The van der Waals surface area contributed by atoms with Crippen LogP contribution in [0.3, 0.4) is 0 Å². The predicted molar refractivity (Wildman–Crippen MR) is 134 cm³/mol. The third kappa shape index (κ3) is 5.04. The fourth-order valence-electron chi connectivity index (χ4n) is 4.73. The number of carbonyl (C=O) groups excluding carboxylic acids is 1. The molecule has 190 valence electrons. The first kappa shape index (κ1) is 24.2. The molecule has 1 fully saturated rings. The summed E-state index contributed by atoms with van der Waals surface area (Å²) in [5.41, 5.74) is 3.35. The highest BCUT2D eigenvalue weighted by molar-refractivity contribution is 5.89. The number of fused-ring (bicyclic) bond motifs is 1. The average molecular weight is 493 g/mol. The summed E-state index contributed by atoms with van der Waals surface area (Å²) in [7, 11) is 0. The van der Waals surface area contributed by atoms with Crippen LogP contribution in [-0.2, 0) is 22.3 Å². The minimum absolute atomic E-state index is 0.229. The molecule has 1 saturated heterocycles. The lowest BCUT2D eigenvalue weighted by atomic mass is 10.1. The molecule has 1 amide bonds. The molecule has 1 aliphatic heterocycles. The van der Waals surface area contributed by atoms with Gasteiger partial charge in [-0.05, 0) is 77.1 Å². The monoisotopic (exact) mass is 492 g/mol. The Morgan fingerprint density at radius 2 is 1.94 bits per heavy atom. The van der Waals surface area contributed by atoms with Gasteiger partial charge in [0.25, 0.3) is 0 Å². The first-order chi connectivity index (χ1) is 17.2. The van der Waals surface area contributed by atoms with E-state index in [1.807, 2.05) is 40.7 Å². The molecule has 2 aliphatic rings. The van der Waals surface area contributed by atoms with E-state index < -0.39 is 6.09 Å². The number of hydrogen-bond acceptors (Lipinski definition) is 9. The normalized spacial score (nSPS) is 19.2. The Kier molecular flexibility index (Phi) is 6.38. The number of aromatic nitrogens is 4. The number of nitrogens with zero attached hydrogens (tertiary/aromatic N) is 5. The van der Waals surface area contributed by atoms with Crippen LogP contribution in [0.15, 0.2) is 35.0 Å². The quantitative estimate of drug-likeness (QED) is 0.500. The highest BCUT2D eigenvalue weighted by Gasteiger charge is 2.40. The molecule has 36 heavy (non-hydrogen) atoms. The molecule has 0 bridgehead atoms. The van der Waals surface area contributed by atoms with Crippen molar-refractivity contribution >= 4 is 17.9 Å². The van der Waals surface area contributed by atoms with Gasteiger partial charge >= 0.3 is 6.09 Å². The van der Waals surface area contributed by atoms with Crippen molar-refractivity contribution in [3.05, 3.63) is 47.5 Å². The van der Waals surface area contributed by atoms with Gasteiger partial charge in [0.05, 0.1) is 11.7 Å². The third-order valence-electron chi connectivity index (χ3n) is 6.39. The van der Waals surface area contributed by atoms with E-state index in [2.05, 4.69) is 37.6 Å². The van der Waals surface area contributed by atoms with Crippen molar-refractivity contribution in [2.45, 2.75) is 77.7 Å². The van der Waals surface area contributed by atoms with Gasteiger partial charge in [-0.2, -0.15) is 9.97 Å². The lowest BCUT2D eigenvalue weighted by molar-refractivity contribution is -0.0618. The minimum atomic E-state index is -0.460. The maximum absolute atomic E-state index is 12.6. The van der Waals surface area contributed by atoms with Crippen LogP contribution in [0.5, 0.6) is 0 Å². The van der Waals surface area contributed by atoms with Gasteiger partial charge in [-0.3, -0.25) is 4.90 Å². The number of amides is 1. The number of cyclic esters (lactones) is 1. The fourth-order valence-corrected chi connectivity index (χ4v) is 4.73. The number of anilines is 2. The van der Waals surface area contributed by atoms with Gasteiger partial charge in [0, 0.05) is 11.8 Å². The summed E-state index contributed by atoms with van der Waals surface area (Å²) >= 11 is 0. The fraction of sp³-hybridized carbons (Fsp3) is 0.500. The van der Waals surface area contributed by atoms with E-state index in [1.54, 1.807) is 12.3 Å². The van der Waals surface area contributed by atoms with E-state index in [0.29, 0.717) is 23.5 Å². The zero-order chi connectivity index (χ0) is 25.4. The van der Waals surface area contributed by atoms with Gasteiger partial charge in [0.15, 0.2) is 0 Å². The molecule has 0 saturated carbocycles. The molecule has 0 spiro atoms. The van der Waals surface area contributed by atoms with Crippen LogP contribution in [0.25, 0.3) is 11.4 Å². The molecule has 1 unspecified atom stereocenters. The molecule has 3 aromatic rings. The lowest BCUT2D eigenvalue weighted by Gasteiger charge is -2.31. The Morgan fingerprint density at radius 1 is 1.14 bits per heavy atom. The number of rotatable bonds is 7. The van der Waals surface area contributed by atoms with Crippen LogP contribution < -0.4 is 10.2 Å². The van der Waals surface area contributed by atoms with Gasteiger partial charge in [0.2, 0.25) is 17.7 Å². The standard InChI is InChI=1S/C26H32N6O4/c1-15(23-30-22(31-36-23)19-10-9-17-7-6-8-18(17)13-19)28-24-27-12-11-21(29-24)32-20(14-34-25(32)33)16(2)35-26(3,4)5/h9-13,15-16,20H,6-8,14H2,1-5H3,(H,27,28,29)/t15-,16+,20?/m0/s1. The van der Waals surface area contributed by atoms with E-state index in [-0.39, 0.29) is 30.4 Å². The molecule has 1 aromatic carbocycles. The Balaban J connectivity index is 1.30. The van der Waals surface area contributed by atoms with Crippen molar-refractivity contribution in [2.75, 3.05) is 16.8 Å². The average Bonchev–Trinajstić information content (AvgIpc) is 3.57. The lowest BCUT2D eigenvalue weighted by Crippen LogP contribution is -2.45. The number of hydrogen-bond donors (Lipinski definition) is 1. The Labute approximate surface area is 210 Å². The Morgan fingerprint density at radius 3 is 2.75 bits per heavy atom. The molecule has 2 aromatic heterocycles. The molecule has 10 heteroatoms. The van der Waals surface area contributed by atoms with Crippen molar-refractivity contribution in [3.8, 4) is 11.4 Å². The topological polar surface area (TPSA) is 116 Å². The van der Waals surface area contributed by atoms with Crippen LogP contribution >= 0.6 is 0 Å². The maximum Gasteiger partial charge on any atom is 0.416 e. The van der Waals surface area contributed by atoms with Gasteiger partial charge in [-0.15, -0.1) is 0 Å². The van der Waals surface area contributed by atoms with Gasteiger partial charge in [-0.1, -0.05) is 17.3 Å². The summed E-state index contributed by atoms with van der Waals surface area (Å²) in [6.45, 7) is 9.99. The van der Waals surface area contributed by atoms with Crippen LogP contribution in [0.4, 0.5) is 16.6 Å². The molecule has 10 nitrogen and oxygen atoms in total. The van der Waals surface area contributed by atoms with Crippen molar-refractivity contribution < 1.29 is 18.8 Å². The first-order valence-corrected chi connectivity index (χ1v) is 12.4. The zero-order valence-corrected chi connectivity index (χ0v) is 21.3. The van der Waals surface area contributed by atoms with E-state index in [9.17, 15) is 4.79 Å². The van der Waals surface area contributed by atoms with E-state index >= 15 is 0 Å². The van der Waals surface area contributed by atoms with Crippen LogP contribution in [0, 0.1) is 0 Å². The Hall–Kier alpha value is -3.53. The molecule has 3 atom stereocenters. The minimum Gasteiger partial charge on any atom is -0.447 e. The summed E-state index contributed by atoms with van der Waals surface area (Å²) in [5.74, 6) is 1.74. The highest BCUT2D eigenvalue weighted by atomic mass is 16.6. The van der Waals surface area contributed by atoms with Gasteiger partial charge in [0.1, 0.15) is 24.5 Å². The second kappa shape index (κ2) is 9.50. The zero-order valence-electron chi connectivity index (χ0n) is 21.3. The number of benzene rings is 1. The van der Waals surface area contributed by atoms with E-state index in [0.717, 1.165) is 18.4 Å². The van der Waals surface area contributed by atoms with Crippen LogP contribution in [0.1, 0.15) is 64.1 Å². The Bertz CT molecular complexity index is 1250. The smallest absolute Gasteiger partial charge is 0.416 e. The summed E-state index contributed by atoms with van der Waals surface area (Å²) < 4.78 is 16.9. The molecule has 3 heterocycles. The summed E-state index contributed by atoms with van der Waals surface area (Å²) in [6, 6.07) is 7.37. The molecule has 0 radical (unpaired) electrons. The molecular weight excluding hydrogens is 460 g/mol. The van der Waals surface area contributed by atoms with Gasteiger partial charge < -0.3 is 19.3 Å². The summed E-state index contributed by atoms with van der Waals surface area (Å²) in [6.07, 6.45) is 4.29. The van der Waals surface area contributed by atoms with Crippen LogP contribution in [0.2, 0.25) is 0 Å². The number of ether oxygens (including phenoxy) is 2. The van der Waals surface area contributed by atoms with E-state index in [4.69, 9.17) is 14.0 Å². The molecule has 1 N–H and O–H groups in total. The van der Waals surface area contributed by atoms with E-state index in [1.165, 1.54) is 22.4 Å². The molecular formula is C26H32N6O4. The van der Waals surface area contributed by atoms with Crippen molar-refractivity contribution in [2.24, 2.45) is 0 Å². The van der Waals surface area contributed by atoms with Crippen molar-refractivity contribution in [3.63, 3.8) is 0 Å². The number of carbonyl (C=O) groups is 1. The highest BCUT2D eigenvalue weighted by Crippen LogP contribution is 2.29. The maximum atomic E-state index is 12.6. The summed E-state index contributed by atoms with van der Waals surface area (Å²) in [5, 5.41) is 7.37. The third-order valence-corrected chi connectivity index (χ3v) is 6.39. The first-order valence-electron chi connectivity index (χ1n) is 12.4. The van der Waals surface area contributed by atoms with Crippen molar-refractivity contribution in [1.29, 1.82) is 0 Å². The summed E-state index contributed by atoms with van der Waals surface area (Å²) in [4.78, 5) is 27.5. The number of nitrogens with one attached hydrogen (secondary N) is 1. The second-order valence-electron chi connectivity index (χ2n) is 10.3. The molecule has 5 rings (SSSR count). The predicted octanol–water partition coefficient (Wildman–Crippen LogP) is 4.72. The van der Waals surface area contributed by atoms with Gasteiger partial charge in [-0.25, -0.2) is 9.78 Å². The van der Waals surface area contributed by atoms with Crippen molar-refractivity contribution in [1.82, 2.24) is 20.1 Å².